The largest absolute Gasteiger partial charge is 1.00 e. The molecule has 0 aromatic carbocycles. The number of aliphatic hydroxyl groups is 1. The van der Waals surface area contributed by atoms with Gasteiger partial charge < -0.3 is 30.1 Å². The van der Waals surface area contributed by atoms with Crippen LogP contribution in [-0.2, 0) is 31.4 Å². The van der Waals surface area contributed by atoms with Crippen LogP contribution in [-0.4, -0.2) is 43.9 Å². The third kappa shape index (κ3) is 8.03. The Labute approximate surface area is 226 Å². The molecule has 2 heterocycles. The molecule has 1 aliphatic carbocycles. The summed E-state index contributed by atoms with van der Waals surface area (Å²) in [6.07, 6.45) is 2.35. The first-order chi connectivity index (χ1) is 14.2. The van der Waals surface area contributed by atoms with Gasteiger partial charge in [-0.15, -0.1) is 0 Å². The number of hydrogen-bond donors (Lipinski definition) is 3. The van der Waals surface area contributed by atoms with Gasteiger partial charge in [0, 0.05) is 19.7 Å². The number of rotatable bonds is 9. The summed E-state index contributed by atoms with van der Waals surface area (Å²) in [6, 6.07) is 0. The van der Waals surface area contributed by atoms with E-state index in [1.807, 2.05) is 0 Å². The van der Waals surface area contributed by atoms with Crippen LogP contribution in [0.1, 0.15) is 6.42 Å². The normalized spacial score (nSPS) is 22.1. The fraction of sp³-hybridized carbons (Fsp3) is 0.364. The number of phosphoric acid groups is 3. The van der Waals surface area contributed by atoms with Crippen LogP contribution in [0.2, 0.25) is 0 Å². The van der Waals surface area contributed by atoms with Gasteiger partial charge in [0.05, 0.1) is 14.4 Å². The van der Waals surface area contributed by atoms with Crippen LogP contribution in [0.25, 0.3) is 17.4 Å². The van der Waals surface area contributed by atoms with Crippen molar-refractivity contribution in [2.75, 3.05) is 19.5 Å². The first-order valence-corrected chi connectivity index (χ1v) is 12.3. The Morgan fingerprint density at radius 1 is 1.26 bits per heavy atom. The molecule has 0 bridgehead atoms. The van der Waals surface area contributed by atoms with Crippen LogP contribution in [0.3, 0.4) is 0 Å². The number of H-pyrrole nitrogens is 1. The van der Waals surface area contributed by atoms with E-state index in [2.05, 4.69) is 28.1 Å². The molecule has 2 aromatic heterocycles. The molecule has 0 spiro atoms. The second kappa shape index (κ2) is 12.1. The number of nitrogen functional groups attached to an aromatic ring is 1. The topological polar surface area (TPSA) is 267 Å². The molecule has 0 amide bonds. The molecule has 0 radical (unpaired) electrons. The Morgan fingerprint density at radius 3 is 2.41 bits per heavy atom. The van der Waals surface area contributed by atoms with Gasteiger partial charge in [-0.3, -0.25) is 32.3 Å². The summed E-state index contributed by atoms with van der Waals surface area (Å²) in [5.41, 5.74) is 3.29. The number of nitrogens with one attached hydrogen (secondary N) is 1. The predicted octanol–water partition coefficient (Wildman–Crippen LogP) is -11.2. The monoisotopic (exact) mass is 521 g/mol. The molecule has 3 atom stereocenters. The van der Waals surface area contributed by atoms with Gasteiger partial charge in [0.15, 0.2) is 11.2 Å². The molecule has 1 fully saturated rings. The van der Waals surface area contributed by atoms with Crippen LogP contribution >= 0.6 is 23.5 Å². The molecule has 1 aliphatic rings. The summed E-state index contributed by atoms with van der Waals surface area (Å²) >= 11 is 0. The average molecular weight is 521 g/mol. The molecule has 1 saturated carbocycles. The van der Waals surface area contributed by atoms with E-state index in [1.165, 1.54) is 17.1 Å². The number of anilines is 1. The number of aromatic nitrogens is 4. The van der Waals surface area contributed by atoms with E-state index in [9.17, 15) is 38.3 Å². The Bertz CT molecular complexity index is 1260. The maximum atomic E-state index is 12.5. The molecule has 2 aromatic rings. The van der Waals surface area contributed by atoms with E-state index >= 15 is 0 Å². The second-order valence-corrected chi connectivity index (χ2v) is 10.6. The van der Waals surface area contributed by atoms with Gasteiger partial charge in [0.2, 0.25) is 5.95 Å². The number of fused-ring (bicyclic) bond motifs is 1. The van der Waals surface area contributed by atoms with Gasteiger partial charge in [0.25, 0.3) is 13.4 Å². The molecule has 34 heavy (non-hydrogen) atoms. The van der Waals surface area contributed by atoms with Crippen LogP contribution in [0.5, 0.6) is 0 Å². The SMILES string of the molecule is COP(=O)(O[C@@]1(CO)C/C1=C/n1cnc2c(=O)[nH]c(N)nc21)OP(=O)([O-])OP(=O)([O-])[O-].[Li+].[Li+].[Li+]. The molecular formula is C11H13Li3N5O12P3. The second-order valence-electron chi connectivity index (χ2n) is 6.04. The van der Waals surface area contributed by atoms with Gasteiger partial charge in [-0.2, -0.15) is 4.98 Å². The summed E-state index contributed by atoms with van der Waals surface area (Å²) in [6.45, 7) is -0.843. The molecule has 0 aliphatic heterocycles. The maximum Gasteiger partial charge on any atom is 1.00 e. The van der Waals surface area contributed by atoms with Crippen LogP contribution in [0, 0.1) is 0 Å². The Balaban J connectivity index is 0.00000363. The minimum absolute atomic E-state index is 0. The van der Waals surface area contributed by atoms with Crippen molar-refractivity contribution in [3.63, 3.8) is 0 Å². The minimum atomic E-state index is -6.06. The zero-order chi connectivity index (χ0) is 23.2. The molecule has 23 heteroatoms. The number of imidazole rings is 1. The van der Waals surface area contributed by atoms with Gasteiger partial charge in [-0.25, -0.2) is 13.9 Å². The Morgan fingerprint density at radius 2 is 1.88 bits per heavy atom. The van der Waals surface area contributed by atoms with Crippen molar-refractivity contribution < 1.29 is 108 Å². The summed E-state index contributed by atoms with van der Waals surface area (Å²) in [4.78, 5) is 54.3. The fourth-order valence-corrected chi connectivity index (χ4v) is 5.96. The molecular weight excluding hydrogens is 508 g/mol. The van der Waals surface area contributed by atoms with Crippen molar-refractivity contribution in [3.8, 4) is 0 Å². The van der Waals surface area contributed by atoms with Gasteiger partial charge in [-0.05, 0) is 5.57 Å². The fourth-order valence-electron chi connectivity index (χ4n) is 2.47. The number of hydrogen-bond acceptors (Lipinski definition) is 15. The zero-order valence-electron chi connectivity index (χ0n) is 18.3. The standard InChI is InChI=1S/C11H16N5O12P3.3Li/c1-25-31(24,28-30(22,23)27-29(19,20)21)26-11(4-17)2-6(11)3-16-5-13-7-8(16)14-10(12)15-9(7)18;;;/h3,5,17H,2,4H2,1H3,(H,22,23)(H2,19,20,21)(H3,12,14,15,18);;;/q;3*+1/p-3/b6-3-;;;/t11-,31?;;;/m1.../s1. The van der Waals surface area contributed by atoms with E-state index in [0.717, 1.165) is 0 Å². The van der Waals surface area contributed by atoms with Crippen molar-refractivity contribution in [2.45, 2.75) is 12.0 Å². The molecule has 3 rings (SSSR count). The van der Waals surface area contributed by atoms with Crippen molar-refractivity contribution in [1.29, 1.82) is 0 Å². The predicted molar refractivity (Wildman–Crippen MR) is 94.4 cm³/mol. The van der Waals surface area contributed by atoms with Crippen LogP contribution in [0.4, 0.5) is 5.95 Å². The van der Waals surface area contributed by atoms with Crippen LogP contribution in [0.15, 0.2) is 16.7 Å². The van der Waals surface area contributed by atoms with E-state index in [-0.39, 0.29) is 85.7 Å². The summed E-state index contributed by atoms with van der Waals surface area (Å²) in [5.74, 6) is -0.198. The quantitative estimate of drug-likeness (QED) is 0.204. The summed E-state index contributed by atoms with van der Waals surface area (Å²) in [7, 11) is -16.4. The molecule has 0 saturated heterocycles. The maximum absolute atomic E-state index is 12.5. The number of nitrogens with zero attached hydrogens (tertiary/aromatic N) is 3. The third-order valence-electron chi connectivity index (χ3n) is 3.85. The number of phosphoric ester groups is 1. The van der Waals surface area contributed by atoms with E-state index in [0.29, 0.717) is 7.11 Å². The van der Waals surface area contributed by atoms with E-state index < -0.39 is 41.2 Å². The zero-order valence-corrected chi connectivity index (χ0v) is 21.0. The van der Waals surface area contributed by atoms with Gasteiger partial charge in [0.1, 0.15) is 11.9 Å². The molecule has 17 nitrogen and oxygen atoms in total. The van der Waals surface area contributed by atoms with E-state index in [1.54, 1.807) is 0 Å². The van der Waals surface area contributed by atoms with Crippen molar-refractivity contribution in [3.05, 3.63) is 22.3 Å². The summed E-state index contributed by atoms with van der Waals surface area (Å²) < 4.78 is 52.3. The third-order valence-corrected chi connectivity index (χ3v) is 8.07. The number of aliphatic hydroxyl groups excluding tert-OH is 1. The minimum Gasteiger partial charge on any atom is -0.790 e. The van der Waals surface area contributed by atoms with E-state index in [4.69, 9.17) is 10.3 Å². The molecule has 2 unspecified atom stereocenters. The number of nitrogens with two attached hydrogens (primary N) is 1. The van der Waals surface area contributed by atoms with Crippen molar-refractivity contribution >= 4 is 46.8 Å². The van der Waals surface area contributed by atoms with Crippen molar-refractivity contribution in [2.24, 2.45) is 0 Å². The van der Waals surface area contributed by atoms with Crippen LogP contribution < -0.4 is 82.6 Å². The summed E-state index contributed by atoms with van der Waals surface area (Å²) in [5, 5.41) is 9.66. The first kappa shape index (κ1) is 34.1. The van der Waals surface area contributed by atoms with Crippen molar-refractivity contribution in [1.82, 2.24) is 19.5 Å². The Kier molecular flexibility index (Phi) is 12.1. The molecule has 172 valence electrons. The Hall–Kier alpha value is 0.0522. The smallest absolute Gasteiger partial charge is 0.790 e. The first-order valence-electron chi connectivity index (χ1n) is 7.88. The average Bonchev–Trinajstić information content (AvgIpc) is 3.11. The van der Waals surface area contributed by atoms with Gasteiger partial charge >= 0.3 is 64.4 Å². The number of aromatic amines is 1. The molecule has 4 N–H and O–H groups in total. The van der Waals surface area contributed by atoms with Gasteiger partial charge in [-0.1, -0.05) is 0 Å².